The normalized spacial score (nSPS) is 10.6. The molecule has 0 heterocycles. The second-order valence-electron chi connectivity index (χ2n) is 3.47. The van der Waals surface area contributed by atoms with Crippen molar-refractivity contribution < 1.29 is 14.6 Å². The van der Waals surface area contributed by atoms with Crippen molar-refractivity contribution in [3.05, 3.63) is 36.4 Å². The molecule has 2 aromatic rings. The van der Waals surface area contributed by atoms with Crippen LogP contribution in [0, 0.1) is 0 Å². The van der Waals surface area contributed by atoms with Gasteiger partial charge in [0.1, 0.15) is 18.1 Å². The van der Waals surface area contributed by atoms with Gasteiger partial charge in [-0.1, -0.05) is 24.3 Å². The fraction of sp³-hybridized carbons (Fsp3) is 0.231. The molecular formula is C13H14O3. The topological polar surface area (TPSA) is 38.7 Å². The van der Waals surface area contributed by atoms with E-state index in [0.717, 1.165) is 16.5 Å². The van der Waals surface area contributed by atoms with Gasteiger partial charge >= 0.3 is 0 Å². The number of benzene rings is 2. The predicted molar refractivity (Wildman–Crippen MR) is 63.0 cm³/mol. The Kier molecular flexibility index (Phi) is 3.27. The number of rotatable bonds is 4. The minimum atomic E-state index is 0.273. The first-order valence-corrected chi connectivity index (χ1v) is 5.15. The number of fused-ring (bicyclic) bond motifs is 1. The van der Waals surface area contributed by atoms with Crippen molar-refractivity contribution in [1.82, 2.24) is 0 Å². The third-order valence-corrected chi connectivity index (χ3v) is 2.41. The number of phenols is 1. The fourth-order valence-electron chi connectivity index (χ4n) is 1.62. The summed E-state index contributed by atoms with van der Waals surface area (Å²) >= 11 is 0. The number of aromatic hydroxyl groups is 1. The van der Waals surface area contributed by atoms with Gasteiger partial charge in [0.25, 0.3) is 0 Å². The minimum absolute atomic E-state index is 0.273. The summed E-state index contributed by atoms with van der Waals surface area (Å²) in [6.07, 6.45) is 0. The van der Waals surface area contributed by atoms with Gasteiger partial charge in [0, 0.05) is 17.9 Å². The van der Waals surface area contributed by atoms with Gasteiger partial charge in [-0.3, -0.25) is 0 Å². The van der Waals surface area contributed by atoms with Crippen molar-refractivity contribution in [2.24, 2.45) is 0 Å². The van der Waals surface area contributed by atoms with Gasteiger partial charge in [-0.15, -0.1) is 0 Å². The van der Waals surface area contributed by atoms with Gasteiger partial charge in [0.05, 0.1) is 6.61 Å². The van der Waals surface area contributed by atoms with Crippen LogP contribution in [0.4, 0.5) is 0 Å². The van der Waals surface area contributed by atoms with Crippen LogP contribution >= 0.6 is 0 Å². The van der Waals surface area contributed by atoms with Crippen LogP contribution in [-0.2, 0) is 4.74 Å². The Balaban J connectivity index is 2.35. The summed E-state index contributed by atoms with van der Waals surface area (Å²) in [5.74, 6) is 1.04. The molecule has 0 spiro atoms. The van der Waals surface area contributed by atoms with Gasteiger partial charge < -0.3 is 14.6 Å². The van der Waals surface area contributed by atoms with Crippen LogP contribution in [-0.4, -0.2) is 25.4 Å². The molecule has 2 rings (SSSR count). The summed E-state index contributed by atoms with van der Waals surface area (Å²) in [6.45, 7) is 1.06. The third kappa shape index (κ3) is 2.09. The number of phenolic OH excluding ortho intramolecular Hbond substituents is 1. The first-order chi connectivity index (χ1) is 7.83. The van der Waals surface area contributed by atoms with E-state index in [1.54, 1.807) is 19.2 Å². The third-order valence-electron chi connectivity index (χ3n) is 2.41. The van der Waals surface area contributed by atoms with Gasteiger partial charge in [-0.05, 0) is 12.1 Å². The fourth-order valence-corrected chi connectivity index (χ4v) is 1.62. The van der Waals surface area contributed by atoms with Gasteiger partial charge in [0.15, 0.2) is 0 Å². The highest BCUT2D eigenvalue weighted by Gasteiger charge is 2.04. The quantitative estimate of drug-likeness (QED) is 0.801. The standard InChI is InChI=1S/C13H14O3/c1-15-8-9-16-13-7-6-12(14)10-4-2-3-5-11(10)13/h2-7,14H,8-9H2,1H3. The Morgan fingerprint density at radius 1 is 1.00 bits per heavy atom. The molecule has 0 bridgehead atoms. The van der Waals surface area contributed by atoms with Crippen molar-refractivity contribution in [3.63, 3.8) is 0 Å². The lowest BCUT2D eigenvalue weighted by Gasteiger charge is -2.09. The molecule has 0 radical (unpaired) electrons. The second kappa shape index (κ2) is 4.86. The van der Waals surface area contributed by atoms with E-state index in [2.05, 4.69) is 0 Å². The molecule has 3 heteroatoms. The molecule has 0 aliphatic carbocycles. The highest BCUT2D eigenvalue weighted by atomic mass is 16.5. The molecular weight excluding hydrogens is 204 g/mol. The average molecular weight is 218 g/mol. The largest absolute Gasteiger partial charge is 0.507 e. The molecule has 0 aliphatic rings. The minimum Gasteiger partial charge on any atom is -0.507 e. The van der Waals surface area contributed by atoms with E-state index in [-0.39, 0.29) is 5.75 Å². The molecule has 0 atom stereocenters. The average Bonchev–Trinajstić information content (AvgIpc) is 2.33. The van der Waals surface area contributed by atoms with Crippen LogP contribution in [0.5, 0.6) is 11.5 Å². The Bertz CT molecular complexity index is 480. The van der Waals surface area contributed by atoms with E-state index in [1.807, 2.05) is 24.3 Å². The molecule has 0 aromatic heterocycles. The summed E-state index contributed by atoms with van der Waals surface area (Å²) in [6, 6.07) is 11.0. The van der Waals surface area contributed by atoms with Gasteiger partial charge in [-0.25, -0.2) is 0 Å². The first-order valence-electron chi connectivity index (χ1n) is 5.15. The molecule has 0 amide bonds. The van der Waals surface area contributed by atoms with Crippen molar-refractivity contribution >= 4 is 10.8 Å². The summed E-state index contributed by atoms with van der Waals surface area (Å²) in [7, 11) is 1.64. The number of hydrogen-bond acceptors (Lipinski definition) is 3. The number of ether oxygens (including phenoxy) is 2. The van der Waals surface area contributed by atoms with Gasteiger partial charge in [0.2, 0.25) is 0 Å². The van der Waals surface area contributed by atoms with Gasteiger partial charge in [-0.2, -0.15) is 0 Å². The van der Waals surface area contributed by atoms with Crippen LogP contribution in [0.1, 0.15) is 0 Å². The van der Waals surface area contributed by atoms with Crippen LogP contribution in [0.2, 0.25) is 0 Å². The zero-order valence-corrected chi connectivity index (χ0v) is 9.14. The lowest BCUT2D eigenvalue weighted by molar-refractivity contribution is 0.147. The van der Waals surface area contributed by atoms with Crippen molar-refractivity contribution in [3.8, 4) is 11.5 Å². The SMILES string of the molecule is COCCOc1ccc(O)c2ccccc12. The molecule has 1 N–H and O–H groups in total. The zero-order chi connectivity index (χ0) is 11.4. The zero-order valence-electron chi connectivity index (χ0n) is 9.14. The van der Waals surface area contributed by atoms with Crippen molar-refractivity contribution in [2.45, 2.75) is 0 Å². The van der Waals surface area contributed by atoms with Crippen molar-refractivity contribution in [1.29, 1.82) is 0 Å². The Labute approximate surface area is 94.2 Å². The highest BCUT2D eigenvalue weighted by Crippen LogP contribution is 2.31. The smallest absolute Gasteiger partial charge is 0.127 e. The summed E-state index contributed by atoms with van der Waals surface area (Å²) in [5, 5.41) is 11.4. The van der Waals surface area contributed by atoms with Crippen LogP contribution in [0.3, 0.4) is 0 Å². The Hall–Kier alpha value is -1.74. The van der Waals surface area contributed by atoms with Crippen LogP contribution < -0.4 is 4.74 Å². The molecule has 0 fully saturated rings. The molecule has 0 saturated heterocycles. The lowest BCUT2D eigenvalue weighted by Crippen LogP contribution is -2.04. The number of hydrogen-bond donors (Lipinski definition) is 1. The Morgan fingerprint density at radius 3 is 2.50 bits per heavy atom. The number of methoxy groups -OCH3 is 1. The summed E-state index contributed by atoms with van der Waals surface area (Å²) in [5.41, 5.74) is 0. The maximum Gasteiger partial charge on any atom is 0.127 e. The van der Waals surface area contributed by atoms with E-state index in [1.165, 1.54) is 0 Å². The van der Waals surface area contributed by atoms with Crippen LogP contribution in [0.15, 0.2) is 36.4 Å². The van der Waals surface area contributed by atoms with Crippen LogP contribution in [0.25, 0.3) is 10.8 Å². The molecule has 0 saturated carbocycles. The molecule has 0 aliphatic heterocycles. The highest BCUT2D eigenvalue weighted by molar-refractivity contribution is 5.92. The second-order valence-corrected chi connectivity index (χ2v) is 3.47. The molecule has 2 aromatic carbocycles. The lowest BCUT2D eigenvalue weighted by atomic mass is 10.1. The van der Waals surface area contributed by atoms with E-state index in [4.69, 9.17) is 9.47 Å². The monoisotopic (exact) mass is 218 g/mol. The summed E-state index contributed by atoms with van der Waals surface area (Å²) < 4.78 is 10.5. The molecule has 0 unspecified atom stereocenters. The molecule has 16 heavy (non-hydrogen) atoms. The van der Waals surface area contributed by atoms with E-state index in [0.29, 0.717) is 13.2 Å². The van der Waals surface area contributed by atoms with E-state index >= 15 is 0 Å². The molecule has 3 nitrogen and oxygen atoms in total. The maximum absolute atomic E-state index is 9.69. The van der Waals surface area contributed by atoms with Crippen molar-refractivity contribution in [2.75, 3.05) is 20.3 Å². The predicted octanol–water partition coefficient (Wildman–Crippen LogP) is 2.57. The first kappa shape index (κ1) is 10.8. The van der Waals surface area contributed by atoms with E-state index < -0.39 is 0 Å². The summed E-state index contributed by atoms with van der Waals surface area (Å²) in [4.78, 5) is 0. The Morgan fingerprint density at radius 2 is 1.75 bits per heavy atom. The van der Waals surface area contributed by atoms with E-state index in [9.17, 15) is 5.11 Å². The maximum atomic E-state index is 9.69. The molecule has 84 valence electrons.